The van der Waals surface area contributed by atoms with Crippen LogP contribution < -0.4 is 4.74 Å². The Morgan fingerprint density at radius 2 is 2.05 bits per heavy atom. The third kappa shape index (κ3) is 3.01. The summed E-state index contributed by atoms with van der Waals surface area (Å²) < 4.78 is 7.92. The van der Waals surface area contributed by atoms with Crippen molar-refractivity contribution >= 4 is 22.6 Å². The summed E-state index contributed by atoms with van der Waals surface area (Å²) in [6.07, 6.45) is 2.64. The molecule has 1 aliphatic rings. The molecule has 3 rings (SSSR count). The molecule has 0 radical (unpaired) electrons. The van der Waals surface area contributed by atoms with E-state index in [0.29, 0.717) is 12.5 Å². The quantitative estimate of drug-likeness (QED) is 0.767. The van der Waals surface area contributed by atoms with Gasteiger partial charge >= 0.3 is 0 Å². The number of benzene rings is 1. The van der Waals surface area contributed by atoms with Gasteiger partial charge in [-0.3, -0.25) is 0 Å². The minimum absolute atomic E-state index is 0.431. The molecule has 1 aromatic heterocycles. The zero-order valence-electron chi connectivity index (χ0n) is 12.5. The van der Waals surface area contributed by atoms with Gasteiger partial charge in [0.15, 0.2) is 0 Å². The Balaban J connectivity index is 1.90. The molecule has 1 aromatic carbocycles. The fraction of sp³-hybridized carbons (Fsp3) is 0.562. The zero-order chi connectivity index (χ0) is 14.7. The molecule has 0 saturated carbocycles. The Bertz CT molecular complexity index is 605. The highest BCUT2D eigenvalue weighted by Crippen LogP contribution is 2.27. The van der Waals surface area contributed by atoms with Gasteiger partial charge in [0.25, 0.3) is 0 Å². The molecule has 0 N–H and O–H groups in total. The van der Waals surface area contributed by atoms with E-state index < -0.39 is 0 Å². The van der Waals surface area contributed by atoms with Crippen molar-refractivity contribution < 1.29 is 4.74 Å². The molecule has 0 spiro atoms. The van der Waals surface area contributed by atoms with Gasteiger partial charge in [-0.05, 0) is 45.0 Å². The fourth-order valence-corrected chi connectivity index (χ4v) is 3.24. The number of rotatable bonds is 6. The monoisotopic (exact) mass is 307 g/mol. The molecule has 0 amide bonds. The van der Waals surface area contributed by atoms with Crippen LogP contribution in [0.3, 0.4) is 0 Å². The molecule has 4 nitrogen and oxygen atoms in total. The van der Waals surface area contributed by atoms with Crippen molar-refractivity contribution in [3.05, 3.63) is 24.0 Å². The van der Waals surface area contributed by atoms with E-state index in [9.17, 15) is 0 Å². The fourth-order valence-electron chi connectivity index (χ4n) is 3.04. The van der Waals surface area contributed by atoms with Crippen molar-refractivity contribution in [2.75, 3.05) is 26.2 Å². The number of ether oxygens (including phenoxy) is 1. The van der Waals surface area contributed by atoms with Gasteiger partial charge < -0.3 is 14.2 Å². The topological polar surface area (TPSA) is 30.3 Å². The van der Waals surface area contributed by atoms with Crippen LogP contribution in [0.1, 0.15) is 25.6 Å². The van der Waals surface area contributed by atoms with Gasteiger partial charge in [0.05, 0.1) is 18.0 Å². The smallest absolute Gasteiger partial charge is 0.147 e. The lowest BCUT2D eigenvalue weighted by molar-refractivity contribution is 0.323. The Morgan fingerprint density at radius 1 is 1.24 bits per heavy atom. The van der Waals surface area contributed by atoms with Crippen molar-refractivity contribution in [3.63, 3.8) is 0 Å². The molecular weight excluding hydrogens is 286 g/mol. The summed E-state index contributed by atoms with van der Waals surface area (Å²) in [7, 11) is 0. The molecule has 0 atom stereocenters. The van der Waals surface area contributed by atoms with Gasteiger partial charge in [0.2, 0.25) is 0 Å². The maximum absolute atomic E-state index is 6.09. The van der Waals surface area contributed by atoms with Crippen LogP contribution in [-0.2, 0) is 12.4 Å². The summed E-state index contributed by atoms with van der Waals surface area (Å²) in [6.45, 7) is 7.07. The van der Waals surface area contributed by atoms with Crippen LogP contribution >= 0.6 is 11.6 Å². The zero-order valence-corrected chi connectivity index (χ0v) is 13.3. The van der Waals surface area contributed by atoms with Gasteiger partial charge in [-0.15, -0.1) is 11.6 Å². The third-order valence-corrected chi connectivity index (χ3v) is 4.32. The molecule has 5 heteroatoms. The highest BCUT2D eigenvalue weighted by Gasteiger charge is 2.16. The average molecular weight is 308 g/mol. The van der Waals surface area contributed by atoms with Crippen LogP contribution in [0.2, 0.25) is 0 Å². The van der Waals surface area contributed by atoms with E-state index >= 15 is 0 Å². The maximum atomic E-state index is 6.09. The Labute approximate surface area is 130 Å². The number of halogens is 1. The summed E-state index contributed by atoms with van der Waals surface area (Å²) in [5, 5.41) is 0. The molecule has 114 valence electrons. The Hall–Kier alpha value is -1.26. The van der Waals surface area contributed by atoms with Gasteiger partial charge in [-0.25, -0.2) is 4.98 Å². The molecule has 0 unspecified atom stereocenters. The van der Waals surface area contributed by atoms with Crippen LogP contribution in [0.15, 0.2) is 18.2 Å². The second-order valence-corrected chi connectivity index (χ2v) is 5.69. The standard InChI is InChI=1S/C16H22ClN3O/c1-2-21-14-7-5-6-13-16(14)18-15(12-17)20(13)11-10-19-8-3-4-9-19/h5-7H,2-4,8-12H2,1H3. The van der Waals surface area contributed by atoms with E-state index in [1.165, 1.54) is 25.9 Å². The van der Waals surface area contributed by atoms with E-state index in [2.05, 4.69) is 20.5 Å². The van der Waals surface area contributed by atoms with Crippen molar-refractivity contribution in [1.29, 1.82) is 0 Å². The molecule has 0 aliphatic carbocycles. The molecule has 21 heavy (non-hydrogen) atoms. The SMILES string of the molecule is CCOc1cccc2c1nc(CCl)n2CCN1CCCC1. The summed E-state index contributed by atoms with van der Waals surface area (Å²) >= 11 is 6.09. The number of hydrogen-bond acceptors (Lipinski definition) is 3. The number of imidazole rings is 1. The molecule has 2 heterocycles. The first-order valence-electron chi connectivity index (χ1n) is 7.72. The van der Waals surface area contributed by atoms with Crippen LogP contribution in [0.4, 0.5) is 0 Å². The number of alkyl halides is 1. The number of aromatic nitrogens is 2. The number of hydrogen-bond donors (Lipinski definition) is 0. The normalized spacial score (nSPS) is 15.9. The second-order valence-electron chi connectivity index (χ2n) is 5.42. The molecule has 1 fully saturated rings. The largest absolute Gasteiger partial charge is 0.492 e. The molecule has 0 bridgehead atoms. The van der Waals surface area contributed by atoms with Gasteiger partial charge in [-0.1, -0.05) is 6.07 Å². The van der Waals surface area contributed by atoms with Gasteiger partial charge in [-0.2, -0.15) is 0 Å². The van der Waals surface area contributed by atoms with Crippen LogP contribution in [-0.4, -0.2) is 40.7 Å². The second kappa shape index (κ2) is 6.67. The molecule has 2 aromatic rings. The minimum atomic E-state index is 0.431. The Morgan fingerprint density at radius 3 is 2.76 bits per heavy atom. The van der Waals surface area contributed by atoms with Crippen molar-refractivity contribution in [2.24, 2.45) is 0 Å². The van der Waals surface area contributed by atoms with E-state index in [0.717, 1.165) is 35.7 Å². The third-order valence-electron chi connectivity index (χ3n) is 4.08. The van der Waals surface area contributed by atoms with E-state index in [-0.39, 0.29) is 0 Å². The highest BCUT2D eigenvalue weighted by molar-refractivity contribution is 6.16. The van der Waals surface area contributed by atoms with Crippen LogP contribution in [0.5, 0.6) is 5.75 Å². The van der Waals surface area contributed by atoms with Gasteiger partial charge in [0, 0.05) is 13.1 Å². The number of likely N-dealkylation sites (tertiary alicyclic amines) is 1. The molecular formula is C16H22ClN3O. The first-order chi connectivity index (χ1) is 10.3. The van der Waals surface area contributed by atoms with Crippen LogP contribution in [0, 0.1) is 0 Å². The van der Waals surface area contributed by atoms with Crippen molar-refractivity contribution in [3.8, 4) is 5.75 Å². The minimum Gasteiger partial charge on any atom is -0.492 e. The summed E-state index contributed by atoms with van der Waals surface area (Å²) in [4.78, 5) is 7.19. The summed E-state index contributed by atoms with van der Waals surface area (Å²) in [5.74, 6) is 2.21. The van der Waals surface area contributed by atoms with E-state index in [1.807, 2.05) is 19.1 Å². The summed E-state index contributed by atoms with van der Waals surface area (Å²) in [5.41, 5.74) is 2.05. The number of nitrogens with zero attached hydrogens (tertiary/aromatic N) is 3. The van der Waals surface area contributed by atoms with E-state index in [1.54, 1.807) is 0 Å². The van der Waals surface area contributed by atoms with Crippen LogP contribution in [0.25, 0.3) is 11.0 Å². The number of para-hydroxylation sites is 1. The van der Waals surface area contributed by atoms with Gasteiger partial charge in [0.1, 0.15) is 17.1 Å². The lowest BCUT2D eigenvalue weighted by atomic mass is 10.3. The van der Waals surface area contributed by atoms with Crippen molar-refractivity contribution in [1.82, 2.24) is 14.5 Å². The average Bonchev–Trinajstić information content (AvgIpc) is 3.13. The summed E-state index contributed by atoms with van der Waals surface area (Å²) in [6, 6.07) is 6.10. The van der Waals surface area contributed by atoms with E-state index in [4.69, 9.17) is 16.3 Å². The highest BCUT2D eigenvalue weighted by atomic mass is 35.5. The lowest BCUT2D eigenvalue weighted by Gasteiger charge is -2.16. The maximum Gasteiger partial charge on any atom is 0.147 e. The predicted octanol–water partition coefficient (Wildman–Crippen LogP) is 3.27. The predicted molar refractivity (Wildman–Crippen MR) is 86.1 cm³/mol. The van der Waals surface area contributed by atoms with Crippen molar-refractivity contribution in [2.45, 2.75) is 32.2 Å². The first-order valence-corrected chi connectivity index (χ1v) is 8.26. The Kier molecular flexibility index (Phi) is 4.66. The number of fused-ring (bicyclic) bond motifs is 1. The first kappa shape index (κ1) is 14.7. The molecule has 1 saturated heterocycles. The molecule has 1 aliphatic heterocycles. The lowest BCUT2D eigenvalue weighted by Crippen LogP contribution is -2.24.